The van der Waals surface area contributed by atoms with E-state index in [9.17, 15) is 8.42 Å². The number of likely N-dealkylation sites (N-methyl/N-ethyl adjacent to an activating group) is 1. The molecule has 2 N–H and O–H groups in total. The van der Waals surface area contributed by atoms with Gasteiger partial charge in [0.15, 0.2) is 0 Å². The summed E-state index contributed by atoms with van der Waals surface area (Å²) in [7, 11) is -3.38. The van der Waals surface area contributed by atoms with Gasteiger partial charge in [-0.1, -0.05) is 24.6 Å². The zero-order valence-electron chi connectivity index (χ0n) is 9.68. The smallest absolute Gasteiger partial charge is 0.243 e. The van der Waals surface area contributed by atoms with Crippen molar-refractivity contribution in [1.82, 2.24) is 4.31 Å². The highest BCUT2D eigenvalue weighted by Gasteiger charge is 2.21. The van der Waals surface area contributed by atoms with Crippen LogP contribution in [0.1, 0.15) is 12.5 Å². The highest BCUT2D eigenvalue weighted by atomic mass is 32.2. The Bertz CT molecular complexity index is 426. The Hall–Kier alpha value is -0.910. The second kappa shape index (κ2) is 5.43. The van der Waals surface area contributed by atoms with Crippen molar-refractivity contribution in [3.8, 4) is 0 Å². The van der Waals surface area contributed by atoms with Crippen molar-refractivity contribution in [1.29, 1.82) is 0 Å². The van der Waals surface area contributed by atoms with E-state index in [0.29, 0.717) is 24.5 Å². The van der Waals surface area contributed by atoms with Crippen molar-refractivity contribution < 1.29 is 8.42 Å². The molecule has 0 fully saturated rings. The molecule has 4 nitrogen and oxygen atoms in total. The molecular formula is C11H18N2O2S. The minimum Gasteiger partial charge on any atom is -0.329 e. The normalized spacial score (nSPS) is 12.0. The van der Waals surface area contributed by atoms with Crippen LogP contribution in [-0.4, -0.2) is 32.4 Å². The van der Waals surface area contributed by atoms with Crippen molar-refractivity contribution in [2.75, 3.05) is 19.6 Å². The van der Waals surface area contributed by atoms with Gasteiger partial charge in [0.05, 0.1) is 4.90 Å². The quantitative estimate of drug-likeness (QED) is 0.836. The molecule has 0 aliphatic carbocycles. The zero-order valence-corrected chi connectivity index (χ0v) is 10.5. The Kier molecular flexibility index (Phi) is 4.46. The van der Waals surface area contributed by atoms with Crippen LogP contribution in [0.15, 0.2) is 29.2 Å². The number of benzene rings is 1. The molecule has 0 heterocycles. The lowest BCUT2D eigenvalue weighted by atomic mass is 10.2. The first-order chi connectivity index (χ1) is 7.52. The highest BCUT2D eigenvalue weighted by molar-refractivity contribution is 7.89. The van der Waals surface area contributed by atoms with Gasteiger partial charge in [-0.25, -0.2) is 8.42 Å². The topological polar surface area (TPSA) is 63.4 Å². The van der Waals surface area contributed by atoms with E-state index in [-0.39, 0.29) is 0 Å². The fourth-order valence-electron chi connectivity index (χ4n) is 1.45. The van der Waals surface area contributed by atoms with Crippen molar-refractivity contribution in [2.45, 2.75) is 18.7 Å². The number of aryl methyl sites for hydroxylation is 1. The molecule has 16 heavy (non-hydrogen) atoms. The van der Waals surface area contributed by atoms with Crippen LogP contribution in [0, 0.1) is 6.92 Å². The molecule has 0 saturated carbocycles. The van der Waals surface area contributed by atoms with Crippen LogP contribution in [0.25, 0.3) is 0 Å². The fraction of sp³-hybridized carbons (Fsp3) is 0.455. The molecule has 5 heteroatoms. The molecule has 90 valence electrons. The molecule has 1 rings (SSSR count). The first-order valence-electron chi connectivity index (χ1n) is 5.29. The molecule has 1 aromatic rings. The summed E-state index contributed by atoms with van der Waals surface area (Å²) in [5.41, 5.74) is 6.44. The summed E-state index contributed by atoms with van der Waals surface area (Å²) < 4.78 is 25.7. The number of sulfonamides is 1. The Balaban J connectivity index is 3.04. The van der Waals surface area contributed by atoms with Crippen LogP contribution in [0.4, 0.5) is 0 Å². The molecular weight excluding hydrogens is 224 g/mol. The third-order valence-electron chi connectivity index (χ3n) is 2.39. The number of hydrogen-bond donors (Lipinski definition) is 1. The van der Waals surface area contributed by atoms with Crippen LogP contribution in [0.5, 0.6) is 0 Å². The second-order valence-corrected chi connectivity index (χ2v) is 5.54. The van der Waals surface area contributed by atoms with Gasteiger partial charge in [0.2, 0.25) is 10.0 Å². The Morgan fingerprint density at radius 2 is 1.81 bits per heavy atom. The van der Waals surface area contributed by atoms with Crippen molar-refractivity contribution in [2.24, 2.45) is 5.73 Å². The van der Waals surface area contributed by atoms with Crippen LogP contribution in [0.2, 0.25) is 0 Å². The molecule has 0 amide bonds. The van der Waals surface area contributed by atoms with Crippen LogP contribution < -0.4 is 5.73 Å². The lowest BCUT2D eigenvalue weighted by molar-refractivity contribution is 0.435. The van der Waals surface area contributed by atoms with E-state index < -0.39 is 10.0 Å². The monoisotopic (exact) mass is 242 g/mol. The molecule has 0 aromatic heterocycles. The molecule has 0 aliphatic heterocycles. The third kappa shape index (κ3) is 2.81. The van der Waals surface area contributed by atoms with Gasteiger partial charge in [0.1, 0.15) is 0 Å². The summed E-state index contributed by atoms with van der Waals surface area (Å²) in [5, 5.41) is 0. The molecule has 0 aliphatic rings. The van der Waals surface area contributed by atoms with Gasteiger partial charge < -0.3 is 5.73 Å². The van der Waals surface area contributed by atoms with Crippen molar-refractivity contribution in [3.05, 3.63) is 29.8 Å². The van der Waals surface area contributed by atoms with E-state index >= 15 is 0 Å². The number of rotatable bonds is 5. The Labute approximate surface area is 97.1 Å². The van der Waals surface area contributed by atoms with Gasteiger partial charge in [0, 0.05) is 19.6 Å². The predicted molar refractivity (Wildman–Crippen MR) is 64.7 cm³/mol. The maximum atomic E-state index is 12.1. The number of hydrogen-bond acceptors (Lipinski definition) is 3. The summed E-state index contributed by atoms with van der Waals surface area (Å²) in [6.07, 6.45) is 0. The standard InChI is InChI=1S/C11H18N2O2S/c1-3-13(9-8-12)16(14,15)11-6-4-10(2)5-7-11/h4-7H,3,8-9,12H2,1-2H3. The maximum absolute atomic E-state index is 12.1. The van der Waals surface area contributed by atoms with E-state index in [4.69, 9.17) is 5.73 Å². The molecule has 0 spiro atoms. The third-order valence-corrected chi connectivity index (χ3v) is 4.38. The summed E-state index contributed by atoms with van der Waals surface area (Å²) in [6.45, 7) is 4.86. The largest absolute Gasteiger partial charge is 0.329 e. The van der Waals surface area contributed by atoms with Crippen LogP contribution >= 0.6 is 0 Å². The van der Waals surface area contributed by atoms with Crippen molar-refractivity contribution in [3.63, 3.8) is 0 Å². The van der Waals surface area contributed by atoms with Gasteiger partial charge in [-0.3, -0.25) is 0 Å². The molecule has 0 unspecified atom stereocenters. The molecule has 1 aromatic carbocycles. The first kappa shape index (κ1) is 13.2. The van der Waals surface area contributed by atoms with Gasteiger partial charge in [0.25, 0.3) is 0 Å². The summed E-state index contributed by atoms with van der Waals surface area (Å²) in [5.74, 6) is 0. The van der Waals surface area contributed by atoms with E-state index in [1.54, 1.807) is 31.2 Å². The number of nitrogens with zero attached hydrogens (tertiary/aromatic N) is 1. The van der Waals surface area contributed by atoms with E-state index in [1.807, 2.05) is 6.92 Å². The zero-order chi connectivity index (χ0) is 12.2. The van der Waals surface area contributed by atoms with Crippen LogP contribution in [-0.2, 0) is 10.0 Å². The minimum absolute atomic E-state index is 0.327. The predicted octanol–water partition coefficient (Wildman–Crippen LogP) is 0.964. The average molecular weight is 242 g/mol. The molecule has 0 bridgehead atoms. The van der Waals surface area contributed by atoms with E-state index in [1.165, 1.54) is 4.31 Å². The highest BCUT2D eigenvalue weighted by Crippen LogP contribution is 2.15. The van der Waals surface area contributed by atoms with Gasteiger partial charge in [-0.2, -0.15) is 4.31 Å². The average Bonchev–Trinajstić information content (AvgIpc) is 2.26. The molecule has 0 radical (unpaired) electrons. The van der Waals surface area contributed by atoms with Gasteiger partial charge in [-0.05, 0) is 19.1 Å². The second-order valence-electron chi connectivity index (χ2n) is 3.60. The minimum atomic E-state index is -3.38. The van der Waals surface area contributed by atoms with E-state index in [0.717, 1.165) is 5.56 Å². The molecule has 0 atom stereocenters. The summed E-state index contributed by atoms with van der Waals surface area (Å²) in [4.78, 5) is 0.327. The summed E-state index contributed by atoms with van der Waals surface area (Å²) in [6, 6.07) is 6.85. The Morgan fingerprint density at radius 1 is 1.25 bits per heavy atom. The van der Waals surface area contributed by atoms with E-state index in [2.05, 4.69) is 0 Å². The van der Waals surface area contributed by atoms with Crippen LogP contribution in [0.3, 0.4) is 0 Å². The lowest BCUT2D eigenvalue weighted by Crippen LogP contribution is -2.35. The van der Waals surface area contributed by atoms with Gasteiger partial charge in [-0.15, -0.1) is 0 Å². The SMILES string of the molecule is CCN(CCN)S(=O)(=O)c1ccc(C)cc1. The number of nitrogens with two attached hydrogens (primary N) is 1. The lowest BCUT2D eigenvalue weighted by Gasteiger charge is -2.19. The molecule has 0 saturated heterocycles. The maximum Gasteiger partial charge on any atom is 0.243 e. The fourth-order valence-corrected chi connectivity index (χ4v) is 2.92. The summed E-state index contributed by atoms with van der Waals surface area (Å²) >= 11 is 0. The van der Waals surface area contributed by atoms with Crippen molar-refractivity contribution >= 4 is 10.0 Å². The Morgan fingerprint density at radius 3 is 2.25 bits per heavy atom. The van der Waals surface area contributed by atoms with Gasteiger partial charge >= 0.3 is 0 Å². The first-order valence-corrected chi connectivity index (χ1v) is 6.73.